The van der Waals surface area contributed by atoms with Crippen LogP contribution in [-0.4, -0.2) is 18.6 Å². The van der Waals surface area contributed by atoms with Gasteiger partial charge in [-0.2, -0.15) is 5.26 Å². The molecule has 0 bridgehead atoms. The van der Waals surface area contributed by atoms with Crippen LogP contribution in [0.1, 0.15) is 39.0 Å². The van der Waals surface area contributed by atoms with Gasteiger partial charge in [0.05, 0.1) is 6.07 Å². The Bertz CT molecular complexity index is 315. The first kappa shape index (κ1) is 13.6. The molecule has 0 spiro atoms. The Morgan fingerprint density at radius 1 is 1.65 bits per heavy atom. The van der Waals surface area contributed by atoms with Gasteiger partial charge < -0.3 is 10.6 Å². The Labute approximate surface area is 103 Å². The van der Waals surface area contributed by atoms with E-state index in [-0.39, 0.29) is 17.5 Å². The van der Waals surface area contributed by atoms with E-state index in [1.54, 1.807) is 0 Å². The number of carbonyl (C=O) groups is 1. The van der Waals surface area contributed by atoms with E-state index in [1.807, 2.05) is 13.0 Å². The SMILES string of the molecule is C=CC[C@H](CC)NC(=O)NCC1(CC#N)CC1. The van der Waals surface area contributed by atoms with E-state index in [2.05, 4.69) is 23.3 Å². The van der Waals surface area contributed by atoms with Gasteiger partial charge in [0.15, 0.2) is 0 Å². The molecule has 4 heteroatoms. The summed E-state index contributed by atoms with van der Waals surface area (Å²) in [4.78, 5) is 11.6. The molecule has 94 valence electrons. The van der Waals surface area contributed by atoms with Crippen molar-refractivity contribution >= 4 is 6.03 Å². The summed E-state index contributed by atoms with van der Waals surface area (Å²) in [5, 5.41) is 14.4. The molecule has 0 aromatic rings. The van der Waals surface area contributed by atoms with Crippen LogP contribution in [0, 0.1) is 16.7 Å². The lowest BCUT2D eigenvalue weighted by molar-refractivity contribution is 0.234. The summed E-state index contributed by atoms with van der Waals surface area (Å²) in [6.07, 6.45) is 6.12. The van der Waals surface area contributed by atoms with Crippen molar-refractivity contribution in [2.45, 2.75) is 45.1 Å². The maximum Gasteiger partial charge on any atom is 0.315 e. The summed E-state index contributed by atoms with van der Waals surface area (Å²) in [5.41, 5.74) is 0.0617. The average molecular weight is 235 g/mol. The fourth-order valence-electron chi connectivity index (χ4n) is 1.79. The molecule has 1 aliphatic rings. The van der Waals surface area contributed by atoms with Crippen molar-refractivity contribution < 1.29 is 4.79 Å². The predicted molar refractivity (Wildman–Crippen MR) is 67.3 cm³/mol. The molecule has 2 amide bonds. The second-order valence-corrected chi connectivity index (χ2v) is 4.79. The summed E-state index contributed by atoms with van der Waals surface area (Å²) in [6, 6.07) is 2.20. The molecule has 2 N–H and O–H groups in total. The van der Waals surface area contributed by atoms with Crippen LogP contribution in [0.15, 0.2) is 12.7 Å². The molecule has 0 heterocycles. The van der Waals surface area contributed by atoms with Crippen LogP contribution in [0.5, 0.6) is 0 Å². The molecule has 1 rings (SSSR count). The zero-order valence-electron chi connectivity index (χ0n) is 10.5. The van der Waals surface area contributed by atoms with Crippen LogP contribution >= 0.6 is 0 Å². The molecule has 4 nitrogen and oxygen atoms in total. The number of urea groups is 1. The van der Waals surface area contributed by atoms with Crippen molar-refractivity contribution in [1.29, 1.82) is 5.26 Å². The van der Waals surface area contributed by atoms with Gasteiger partial charge in [0, 0.05) is 24.4 Å². The first-order valence-electron chi connectivity index (χ1n) is 6.18. The number of hydrogen-bond donors (Lipinski definition) is 2. The van der Waals surface area contributed by atoms with Crippen LogP contribution in [0.3, 0.4) is 0 Å². The highest BCUT2D eigenvalue weighted by Crippen LogP contribution is 2.47. The fraction of sp³-hybridized carbons (Fsp3) is 0.692. The van der Waals surface area contributed by atoms with E-state index in [1.165, 1.54) is 0 Å². The van der Waals surface area contributed by atoms with Gasteiger partial charge in [-0.05, 0) is 25.7 Å². The molecular formula is C13H21N3O. The van der Waals surface area contributed by atoms with Gasteiger partial charge in [-0.25, -0.2) is 4.79 Å². The Morgan fingerprint density at radius 2 is 2.35 bits per heavy atom. The first-order chi connectivity index (χ1) is 8.15. The highest BCUT2D eigenvalue weighted by Gasteiger charge is 2.42. The third-order valence-electron chi connectivity index (χ3n) is 3.31. The average Bonchev–Trinajstić information content (AvgIpc) is 3.07. The Balaban J connectivity index is 2.25. The zero-order chi connectivity index (χ0) is 12.7. The van der Waals surface area contributed by atoms with E-state index in [0.29, 0.717) is 13.0 Å². The van der Waals surface area contributed by atoms with Crippen molar-refractivity contribution in [3.8, 4) is 6.07 Å². The van der Waals surface area contributed by atoms with Crippen LogP contribution in [-0.2, 0) is 0 Å². The molecule has 0 radical (unpaired) electrons. The Morgan fingerprint density at radius 3 is 2.82 bits per heavy atom. The van der Waals surface area contributed by atoms with Crippen molar-refractivity contribution in [3.05, 3.63) is 12.7 Å². The second-order valence-electron chi connectivity index (χ2n) is 4.79. The smallest absolute Gasteiger partial charge is 0.315 e. The highest BCUT2D eigenvalue weighted by atomic mass is 16.2. The first-order valence-corrected chi connectivity index (χ1v) is 6.18. The summed E-state index contributed by atoms with van der Waals surface area (Å²) >= 11 is 0. The number of nitriles is 1. The minimum Gasteiger partial charge on any atom is -0.338 e. The summed E-state index contributed by atoms with van der Waals surface area (Å²) < 4.78 is 0. The monoisotopic (exact) mass is 235 g/mol. The normalized spacial score (nSPS) is 17.6. The Kier molecular flexibility index (Phi) is 5.02. The lowest BCUT2D eigenvalue weighted by atomic mass is 10.0. The molecule has 1 fully saturated rings. The minimum absolute atomic E-state index is 0.0617. The van der Waals surface area contributed by atoms with Crippen LogP contribution in [0.2, 0.25) is 0 Å². The van der Waals surface area contributed by atoms with E-state index < -0.39 is 0 Å². The Hall–Kier alpha value is -1.50. The predicted octanol–water partition coefficient (Wildman–Crippen LogP) is 2.33. The maximum absolute atomic E-state index is 11.6. The van der Waals surface area contributed by atoms with Crippen molar-refractivity contribution in [2.24, 2.45) is 5.41 Å². The molecule has 17 heavy (non-hydrogen) atoms. The van der Waals surface area contributed by atoms with Crippen molar-refractivity contribution in [1.82, 2.24) is 10.6 Å². The number of rotatable bonds is 7. The minimum atomic E-state index is -0.136. The van der Waals surface area contributed by atoms with E-state index >= 15 is 0 Å². The lowest BCUT2D eigenvalue weighted by Crippen LogP contribution is -2.43. The number of hydrogen-bond acceptors (Lipinski definition) is 2. The quantitative estimate of drug-likeness (QED) is 0.665. The van der Waals surface area contributed by atoms with E-state index in [9.17, 15) is 4.79 Å². The third-order valence-corrected chi connectivity index (χ3v) is 3.31. The topological polar surface area (TPSA) is 64.9 Å². The standard InChI is InChI=1S/C13H21N3O/c1-3-5-11(4-2)16-12(17)15-10-13(6-7-13)8-9-14/h3,11H,1,4-8,10H2,2H3,(H2,15,16,17)/t11-/m0/s1. The van der Waals surface area contributed by atoms with E-state index in [0.717, 1.165) is 25.7 Å². The molecule has 1 saturated carbocycles. The zero-order valence-corrected chi connectivity index (χ0v) is 10.5. The molecule has 0 aliphatic heterocycles. The van der Waals surface area contributed by atoms with Gasteiger partial charge in [-0.15, -0.1) is 6.58 Å². The molecule has 0 aromatic heterocycles. The van der Waals surface area contributed by atoms with Crippen molar-refractivity contribution in [2.75, 3.05) is 6.54 Å². The largest absolute Gasteiger partial charge is 0.338 e. The lowest BCUT2D eigenvalue weighted by Gasteiger charge is -2.17. The molecule has 0 saturated heterocycles. The fourth-order valence-corrected chi connectivity index (χ4v) is 1.79. The van der Waals surface area contributed by atoms with Crippen molar-refractivity contribution in [3.63, 3.8) is 0 Å². The van der Waals surface area contributed by atoms with Crippen LogP contribution < -0.4 is 10.6 Å². The van der Waals surface area contributed by atoms with Gasteiger partial charge in [-0.1, -0.05) is 13.0 Å². The molecular weight excluding hydrogens is 214 g/mol. The molecule has 1 aliphatic carbocycles. The number of amides is 2. The van der Waals surface area contributed by atoms with Gasteiger partial charge in [0.2, 0.25) is 0 Å². The summed E-state index contributed by atoms with van der Waals surface area (Å²) in [6.45, 7) is 6.31. The van der Waals surface area contributed by atoms with Gasteiger partial charge >= 0.3 is 6.03 Å². The van der Waals surface area contributed by atoms with Gasteiger partial charge in [0.25, 0.3) is 0 Å². The number of nitrogens with one attached hydrogen (secondary N) is 2. The van der Waals surface area contributed by atoms with Crippen LogP contribution in [0.4, 0.5) is 4.79 Å². The second kappa shape index (κ2) is 6.29. The molecule has 0 unspecified atom stereocenters. The highest BCUT2D eigenvalue weighted by molar-refractivity contribution is 5.74. The van der Waals surface area contributed by atoms with E-state index in [4.69, 9.17) is 5.26 Å². The summed E-state index contributed by atoms with van der Waals surface area (Å²) in [5.74, 6) is 0. The molecule has 0 aromatic carbocycles. The third kappa shape index (κ3) is 4.48. The summed E-state index contributed by atoms with van der Waals surface area (Å²) in [7, 11) is 0. The number of carbonyl (C=O) groups excluding carboxylic acids is 1. The maximum atomic E-state index is 11.6. The van der Waals surface area contributed by atoms with Crippen LogP contribution in [0.25, 0.3) is 0 Å². The van der Waals surface area contributed by atoms with Gasteiger partial charge in [0.1, 0.15) is 0 Å². The van der Waals surface area contributed by atoms with Gasteiger partial charge in [-0.3, -0.25) is 0 Å². The molecule has 1 atom stereocenters. The number of nitrogens with zero attached hydrogens (tertiary/aromatic N) is 1.